The number of H-pyrrole nitrogens is 1. The summed E-state index contributed by atoms with van der Waals surface area (Å²) in [5.41, 5.74) is 8.92. The van der Waals surface area contributed by atoms with Crippen molar-refractivity contribution in [1.82, 2.24) is 9.97 Å². The van der Waals surface area contributed by atoms with E-state index in [1.807, 2.05) is 30.3 Å². The van der Waals surface area contributed by atoms with Crippen molar-refractivity contribution in [2.75, 3.05) is 12.4 Å². The number of nitrogens with one attached hydrogen (secondary N) is 1. The van der Waals surface area contributed by atoms with Crippen molar-refractivity contribution in [3.63, 3.8) is 0 Å². The van der Waals surface area contributed by atoms with Gasteiger partial charge in [0.15, 0.2) is 18.5 Å². The van der Waals surface area contributed by atoms with Crippen LogP contribution in [0, 0.1) is 0 Å². The molecule has 2 aromatic carbocycles. The first-order chi connectivity index (χ1) is 14.4. The lowest BCUT2D eigenvalue weighted by atomic mass is 9.97. The van der Waals surface area contributed by atoms with Crippen LogP contribution < -0.4 is 10.9 Å². The molecular formula is C19H19N7O2S2. The Morgan fingerprint density at radius 3 is 2.63 bits per heavy atom. The minimum absolute atomic E-state index is 0.0389. The number of nitrogens with zero attached hydrogens (tertiary/aromatic N) is 4. The number of azo groups is 1. The topological polar surface area (TPSA) is 152 Å². The summed E-state index contributed by atoms with van der Waals surface area (Å²) in [6.45, 7) is 0.151. The molecule has 0 radical (unpaired) electrons. The van der Waals surface area contributed by atoms with Crippen LogP contribution in [-0.4, -0.2) is 36.1 Å². The molecule has 30 heavy (non-hydrogen) atoms. The van der Waals surface area contributed by atoms with Crippen LogP contribution in [0.15, 0.2) is 55.3 Å². The predicted octanol–water partition coefficient (Wildman–Crippen LogP) is 3.27. The van der Waals surface area contributed by atoms with Crippen LogP contribution in [0.25, 0.3) is 22.2 Å². The SMILES string of the molecule is Nc1nc2c(-c3ccc(SC4CCC4)c(S(N)(=O)=O)c3C3=NCN=N3)cccc2[nH]1. The smallest absolute Gasteiger partial charge is 0.239 e. The van der Waals surface area contributed by atoms with Gasteiger partial charge in [0.25, 0.3) is 0 Å². The molecule has 1 aliphatic carbocycles. The maximum Gasteiger partial charge on any atom is 0.239 e. The van der Waals surface area contributed by atoms with Gasteiger partial charge >= 0.3 is 0 Å². The predicted molar refractivity (Wildman–Crippen MR) is 117 cm³/mol. The second-order valence-corrected chi connectivity index (χ2v) is 10.1. The van der Waals surface area contributed by atoms with E-state index in [1.54, 1.807) is 11.8 Å². The van der Waals surface area contributed by atoms with Crippen LogP contribution in [0.2, 0.25) is 0 Å². The van der Waals surface area contributed by atoms with Crippen molar-refractivity contribution in [2.24, 2.45) is 20.4 Å². The van der Waals surface area contributed by atoms with Crippen LogP contribution in [0.1, 0.15) is 24.8 Å². The van der Waals surface area contributed by atoms with E-state index >= 15 is 0 Å². The highest BCUT2D eigenvalue weighted by Gasteiger charge is 2.30. The molecule has 1 fully saturated rings. The number of sulfonamides is 1. The molecule has 1 aromatic heterocycles. The Bertz CT molecular complexity index is 1320. The van der Waals surface area contributed by atoms with Gasteiger partial charge in [-0.2, -0.15) is 5.11 Å². The zero-order valence-electron chi connectivity index (χ0n) is 15.9. The van der Waals surface area contributed by atoms with Gasteiger partial charge in [0.1, 0.15) is 4.90 Å². The molecule has 0 amide bonds. The largest absolute Gasteiger partial charge is 0.369 e. The Morgan fingerprint density at radius 2 is 1.97 bits per heavy atom. The molecule has 154 valence electrons. The average Bonchev–Trinajstić information content (AvgIpc) is 3.31. The first-order valence-electron chi connectivity index (χ1n) is 9.45. The number of benzene rings is 2. The summed E-state index contributed by atoms with van der Waals surface area (Å²) < 4.78 is 25.5. The Kier molecular flexibility index (Phi) is 4.60. The zero-order valence-corrected chi connectivity index (χ0v) is 17.5. The van der Waals surface area contributed by atoms with Crippen molar-refractivity contribution in [2.45, 2.75) is 34.3 Å². The first-order valence-corrected chi connectivity index (χ1v) is 11.9. The number of hydrogen-bond donors (Lipinski definition) is 3. The van der Waals surface area contributed by atoms with Crippen molar-refractivity contribution in [3.8, 4) is 11.1 Å². The van der Waals surface area contributed by atoms with Crippen LogP contribution in [0.3, 0.4) is 0 Å². The molecule has 1 aliphatic heterocycles. The molecule has 1 saturated carbocycles. The number of thioether (sulfide) groups is 1. The van der Waals surface area contributed by atoms with Crippen molar-refractivity contribution in [1.29, 1.82) is 0 Å². The Hall–Kier alpha value is -2.76. The minimum Gasteiger partial charge on any atom is -0.369 e. The summed E-state index contributed by atoms with van der Waals surface area (Å²) in [6.07, 6.45) is 3.26. The van der Waals surface area contributed by atoms with E-state index in [-0.39, 0.29) is 23.3 Å². The fourth-order valence-corrected chi connectivity index (χ4v) is 6.29. The fraction of sp³-hybridized carbons (Fsp3) is 0.263. The summed E-state index contributed by atoms with van der Waals surface area (Å²) in [7, 11) is -4.07. The highest BCUT2D eigenvalue weighted by Crippen LogP contribution is 2.43. The number of rotatable bonds is 5. The van der Waals surface area contributed by atoms with Crippen LogP contribution in [-0.2, 0) is 10.0 Å². The van der Waals surface area contributed by atoms with E-state index in [9.17, 15) is 8.42 Å². The zero-order chi connectivity index (χ0) is 20.9. The van der Waals surface area contributed by atoms with Crippen LogP contribution >= 0.6 is 11.8 Å². The lowest BCUT2D eigenvalue weighted by Crippen LogP contribution is -2.20. The lowest BCUT2D eigenvalue weighted by Gasteiger charge is -2.26. The third kappa shape index (κ3) is 3.28. The number of fused-ring (bicyclic) bond motifs is 1. The highest BCUT2D eigenvalue weighted by molar-refractivity contribution is 8.00. The van der Waals surface area contributed by atoms with E-state index in [1.165, 1.54) is 0 Å². The summed E-state index contributed by atoms with van der Waals surface area (Å²) >= 11 is 1.54. The number of anilines is 1. The van der Waals surface area contributed by atoms with Gasteiger partial charge in [0.2, 0.25) is 10.0 Å². The second kappa shape index (κ2) is 7.18. The number of hydrogen-bond acceptors (Lipinski definition) is 8. The molecule has 9 nitrogen and oxygen atoms in total. The van der Waals surface area contributed by atoms with E-state index in [0.717, 1.165) is 24.8 Å². The summed E-state index contributed by atoms with van der Waals surface area (Å²) in [4.78, 5) is 12.3. The number of aromatic amines is 1. The number of primary sulfonamides is 1. The standard InChI is InChI=1S/C19H19N7O2S2/c20-19-24-13-6-2-5-12(16(13)25-19)11-7-8-14(29-10-3-1-4-10)17(30(21,27)28)15(11)18-22-9-23-26-18/h2,5-8,10H,1,3-4,9H2,(H3,20,24,25)(H2,21,27,28). The van der Waals surface area contributed by atoms with Gasteiger partial charge in [-0.25, -0.2) is 23.5 Å². The van der Waals surface area contributed by atoms with Crippen molar-refractivity contribution < 1.29 is 8.42 Å². The van der Waals surface area contributed by atoms with Crippen molar-refractivity contribution >= 4 is 44.6 Å². The van der Waals surface area contributed by atoms with Gasteiger partial charge < -0.3 is 10.7 Å². The Morgan fingerprint density at radius 1 is 1.13 bits per heavy atom. The fourth-order valence-electron chi connectivity index (χ4n) is 3.68. The molecule has 0 unspecified atom stereocenters. The van der Waals surface area contributed by atoms with Gasteiger partial charge in [-0.05, 0) is 30.5 Å². The normalized spacial score (nSPS) is 16.8. The minimum atomic E-state index is -4.07. The second-order valence-electron chi connectivity index (χ2n) is 7.22. The van der Waals surface area contributed by atoms with E-state index in [0.29, 0.717) is 32.4 Å². The molecule has 0 bridgehead atoms. The highest BCUT2D eigenvalue weighted by atomic mass is 32.2. The molecular weight excluding hydrogens is 422 g/mol. The van der Waals surface area contributed by atoms with E-state index in [2.05, 4.69) is 25.2 Å². The maximum atomic E-state index is 12.8. The quantitative estimate of drug-likeness (QED) is 0.555. The summed E-state index contributed by atoms with van der Waals surface area (Å²) in [6, 6.07) is 9.25. The molecule has 2 aliphatic rings. The molecule has 3 aromatic rings. The molecule has 0 saturated heterocycles. The van der Waals surface area contributed by atoms with Gasteiger partial charge in [-0.1, -0.05) is 24.6 Å². The number of aliphatic imine (C=N–C) groups is 1. The van der Waals surface area contributed by atoms with Crippen molar-refractivity contribution in [3.05, 3.63) is 35.9 Å². The molecule has 5 rings (SSSR count). The number of nitrogen functional groups attached to an aromatic ring is 1. The molecule has 0 spiro atoms. The molecule has 0 atom stereocenters. The average molecular weight is 442 g/mol. The van der Waals surface area contributed by atoms with Gasteiger partial charge in [0.05, 0.1) is 11.0 Å². The maximum absolute atomic E-state index is 12.8. The number of para-hydroxylation sites is 1. The number of imidazole rings is 1. The summed E-state index contributed by atoms with van der Waals surface area (Å²) in [5.74, 6) is 0.534. The molecule has 2 heterocycles. The van der Waals surface area contributed by atoms with Gasteiger partial charge in [-0.3, -0.25) is 0 Å². The van der Waals surface area contributed by atoms with Gasteiger partial charge in [0, 0.05) is 21.3 Å². The molecule has 5 N–H and O–H groups in total. The summed E-state index contributed by atoms with van der Waals surface area (Å²) in [5, 5.41) is 14.1. The monoisotopic (exact) mass is 441 g/mol. The number of aromatic nitrogens is 2. The Balaban J connectivity index is 1.82. The Labute approximate surface area is 177 Å². The van der Waals surface area contributed by atoms with E-state index < -0.39 is 10.0 Å². The molecule has 11 heteroatoms. The van der Waals surface area contributed by atoms with Gasteiger partial charge in [-0.15, -0.1) is 16.9 Å². The first kappa shape index (κ1) is 19.2. The van der Waals surface area contributed by atoms with Crippen LogP contribution in [0.4, 0.5) is 5.95 Å². The number of amidine groups is 1. The van der Waals surface area contributed by atoms with E-state index in [4.69, 9.17) is 10.9 Å². The number of nitrogens with two attached hydrogens (primary N) is 2. The third-order valence-electron chi connectivity index (χ3n) is 5.25. The lowest BCUT2D eigenvalue weighted by molar-refractivity contribution is 0.521. The third-order valence-corrected chi connectivity index (χ3v) is 7.77. The van der Waals surface area contributed by atoms with Crippen LogP contribution in [0.5, 0.6) is 0 Å².